The molecule has 6 heteroatoms. The van der Waals surface area contributed by atoms with Gasteiger partial charge in [-0.1, -0.05) is 30.3 Å². The predicted octanol–water partition coefficient (Wildman–Crippen LogP) is 3.98. The maximum absolute atomic E-state index is 12.3. The van der Waals surface area contributed by atoms with Gasteiger partial charge >= 0.3 is 0 Å². The van der Waals surface area contributed by atoms with E-state index in [2.05, 4.69) is 16.5 Å². The van der Waals surface area contributed by atoms with Crippen LogP contribution in [0.15, 0.2) is 65.2 Å². The standard InChI is InChI=1S/C22H21N3O3/c1-15-18(13-25(2)24-15)12-23-22(26)21-10-9-20(28-21)14-27-19-8-7-16-5-3-4-6-17(16)11-19/h3-11,13H,12,14H2,1-2H3,(H,23,26). The van der Waals surface area contributed by atoms with E-state index in [1.54, 1.807) is 16.8 Å². The molecule has 1 amide bonds. The van der Waals surface area contributed by atoms with E-state index in [-0.39, 0.29) is 18.3 Å². The number of aromatic nitrogens is 2. The topological polar surface area (TPSA) is 69.3 Å². The molecule has 2 heterocycles. The lowest BCUT2D eigenvalue weighted by atomic mass is 10.1. The van der Waals surface area contributed by atoms with Crippen molar-refractivity contribution in [3.8, 4) is 5.75 Å². The van der Waals surface area contributed by atoms with Crippen LogP contribution in [-0.2, 0) is 20.2 Å². The monoisotopic (exact) mass is 375 g/mol. The number of hydrogen-bond donors (Lipinski definition) is 1. The number of ether oxygens (including phenoxy) is 1. The third-order valence-corrected chi connectivity index (χ3v) is 4.54. The van der Waals surface area contributed by atoms with Crippen LogP contribution in [0.5, 0.6) is 5.75 Å². The molecule has 0 aliphatic rings. The van der Waals surface area contributed by atoms with Crippen molar-refractivity contribution in [1.29, 1.82) is 0 Å². The highest BCUT2D eigenvalue weighted by atomic mass is 16.5. The Labute approximate surface area is 162 Å². The fraction of sp³-hybridized carbons (Fsp3) is 0.182. The zero-order valence-corrected chi connectivity index (χ0v) is 15.8. The number of benzene rings is 2. The van der Waals surface area contributed by atoms with E-state index in [4.69, 9.17) is 9.15 Å². The molecule has 0 spiro atoms. The largest absolute Gasteiger partial charge is 0.486 e. The Kier molecular flexibility index (Phi) is 4.85. The number of carbonyl (C=O) groups excluding carboxylic acids is 1. The first-order valence-electron chi connectivity index (χ1n) is 9.06. The SMILES string of the molecule is Cc1nn(C)cc1CNC(=O)c1ccc(COc2ccc3ccccc3c2)o1. The smallest absolute Gasteiger partial charge is 0.287 e. The molecule has 0 bridgehead atoms. The minimum absolute atomic E-state index is 0.257. The highest BCUT2D eigenvalue weighted by Crippen LogP contribution is 2.21. The van der Waals surface area contributed by atoms with Gasteiger partial charge in [0.15, 0.2) is 5.76 Å². The number of nitrogens with zero attached hydrogens (tertiary/aromatic N) is 2. The third-order valence-electron chi connectivity index (χ3n) is 4.54. The van der Waals surface area contributed by atoms with E-state index < -0.39 is 0 Å². The molecule has 0 aliphatic carbocycles. The number of fused-ring (bicyclic) bond motifs is 1. The normalized spacial score (nSPS) is 10.9. The van der Waals surface area contributed by atoms with E-state index >= 15 is 0 Å². The first-order valence-corrected chi connectivity index (χ1v) is 9.06. The summed E-state index contributed by atoms with van der Waals surface area (Å²) >= 11 is 0. The minimum Gasteiger partial charge on any atom is -0.486 e. The van der Waals surface area contributed by atoms with E-state index in [0.29, 0.717) is 12.3 Å². The molecule has 0 atom stereocenters. The Morgan fingerprint density at radius 3 is 2.75 bits per heavy atom. The van der Waals surface area contributed by atoms with Gasteiger partial charge in [0.25, 0.3) is 5.91 Å². The van der Waals surface area contributed by atoms with Crippen LogP contribution in [0, 0.1) is 6.92 Å². The van der Waals surface area contributed by atoms with Gasteiger partial charge in [0, 0.05) is 25.4 Å². The van der Waals surface area contributed by atoms with Crippen LogP contribution >= 0.6 is 0 Å². The second kappa shape index (κ2) is 7.60. The van der Waals surface area contributed by atoms with Crippen molar-refractivity contribution in [2.75, 3.05) is 0 Å². The molecule has 0 saturated carbocycles. The van der Waals surface area contributed by atoms with Gasteiger partial charge in [0.1, 0.15) is 18.1 Å². The maximum atomic E-state index is 12.3. The Hall–Kier alpha value is -3.54. The molecule has 2 aromatic heterocycles. The molecule has 1 N–H and O–H groups in total. The first-order chi connectivity index (χ1) is 13.6. The van der Waals surface area contributed by atoms with Crippen LogP contribution < -0.4 is 10.1 Å². The molecule has 142 valence electrons. The van der Waals surface area contributed by atoms with Crippen LogP contribution in [-0.4, -0.2) is 15.7 Å². The summed E-state index contributed by atoms with van der Waals surface area (Å²) in [6, 6.07) is 17.5. The molecule has 6 nitrogen and oxygen atoms in total. The van der Waals surface area contributed by atoms with Crippen molar-refractivity contribution in [1.82, 2.24) is 15.1 Å². The van der Waals surface area contributed by atoms with Gasteiger partial charge < -0.3 is 14.5 Å². The predicted molar refractivity (Wildman–Crippen MR) is 106 cm³/mol. The lowest BCUT2D eigenvalue weighted by Gasteiger charge is -2.06. The fourth-order valence-corrected chi connectivity index (χ4v) is 3.07. The number of furan rings is 1. The van der Waals surface area contributed by atoms with Crippen molar-refractivity contribution in [3.63, 3.8) is 0 Å². The van der Waals surface area contributed by atoms with E-state index in [1.165, 1.54) is 0 Å². The first kappa shape index (κ1) is 17.9. The number of nitrogens with one attached hydrogen (secondary N) is 1. The summed E-state index contributed by atoms with van der Waals surface area (Å²) in [6.07, 6.45) is 1.89. The van der Waals surface area contributed by atoms with Gasteiger partial charge in [-0.3, -0.25) is 9.48 Å². The zero-order chi connectivity index (χ0) is 19.5. The molecule has 0 fully saturated rings. The summed E-state index contributed by atoms with van der Waals surface area (Å²) in [5.74, 6) is 1.35. The molecule has 28 heavy (non-hydrogen) atoms. The van der Waals surface area contributed by atoms with Gasteiger partial charge in [-0.05, 0) is 42.0 Å². The number of amides is 1. The summed E-state index contributed by atoms with van der Waals surface area (Å²) in [6.45, 7) is 2.58. The van der Waals surface area contributed by atoms with Crippen LogP contribution in [0.1, 0.15) is 27.6 Å². The molecular formula is C22H21N3O3. The van der Waals surface area contributed by atoms with Crippen LogP contribution in [0.4, 0.5) is 0 Å². The molecule has 0 saturated heterocycles. The van der Waals surface area contributed by atoms with Crippen LogP contribution in [0.25, 0.3) is 10.8 Å². The minimum atomic E-state index is -0.264. The van der Waals surface area contributed by atoms with Gasteiger partial charge in [-0.15, -0.1) is 0 Å². The second-order valence-corrected chi connectivity index (χ2v) is 6.66. The Bertz CT molecular complexity index is 1130. The van der Waals surface area contributed by atoms with Crippen molar-refractivity contribution >= 4 is 16.7 Å². The summed E-state index contributed by atoms with van der Waals surface area (Å²) in [5, 5.41) is 9.39. The number of rotatable bonds is 6. The summed E-state index contributed by atoms with van der Waals surface area (Å²) in [5.41, 5.74) is 1.87. The van der Waals surface area contributed by atoms with E-state index in [0.717, 1.165) is 27.8 Å². The quantitative estimate of drug-likeness (QED) is 0.553. The molecular weight excluding hydrogens is 354 g/mol. The summed E-state index contributed by atoms with van der Waals surface area (Å²) in [7, 11) is 1.85. The molecule has 0 aliphatic heterocycles. The van der Waals surface area contributed by atoms with Crippen molar-refractivity contribution in [2.45, 2.75) is 20.1 Å². The average molecular weight is 375 g/mol. The number of carbonyl (C=O) groups is 1. The lowest BCUT2D eigenvalue weighted by Crippen LogP contribution is -2.22. The molecule has 0 unspecified atom stereocenters. The summed E-state index contributed by atoms with van der Waals surface area (Å²) in [4.78, 5) is 12.3. The average Bonchev–Trinajstić information content (AvgIpc) is 3.30. The van der Waals surface area contributed by atoms with Gasteiger partial charge in [-0.25, -0.2) is 0 Å². The Morgan fingerprint density at radius 1 is 1.14 bits per heavy atom. The highest BCUT2D eigenvalue weighted by molar-refractivity contribution is 5.91. The van der Waals surface area contributed by atoms with E-state index in [1.807, 2.05) is 56.6 Å². The molecule has 4 rings (SSSR count). The Morgan fingerprint density at radius 2 is 1.96 bits per heavy atom. The van der Waals surface area contributed by atoms with Gasteiger partial charge in [-0.2, -0.15) is 5.10 Å². The van der Waals surface area contributed by atoms with Crippen molar-refractivity contribution in [2.24, 2.45) is 7.05 Å². The number of aryl methyl sites for hydroxylation is 2. The highest BCUT2D eigenvalue weighted by Gasteiger charge is 2.13. The molecule has 0 radical (unpaired) electrons. The lowest BCUT2D eigenvalue weighted by molar-refractivity contribution is 0.0919. The van der Waals surface area contributed by atoms with Crippen molar-refractivity contribution in [3.05, 3.63) is 83.6 Å². The van der Waals surface area contributed by atoms with E-state index in [9.17, 15) is 4.79 Å². The third kappa shape index (κ3) is 3.91. The Balaban J connectivity index is 1.35. The second-order valence-electron chi connectivity index (χ2n) is 6.66. The fourth-order valence-electron chi connectivity index (χ4n) is 3.07. The number of hydrogen-bond acceptors (Lipinski definition) is 4. The maximum Gasteiger partial charge on any atom is 0.287 e. The zero-order valence-electron chi connectivity index (χ0n) is 15.8. The molecule has 4 aromatic rings. The molecule has 2 aromatic carbocycles. The van der Waals surface area contributed by atoms with Gasteiger partial charge in [0.2, 0.25) is 0 Å². The van der Waals surface area contributed by atoms with Crippen LogP contribution in [0.3, 0.4) is 0 Å². The summed E-state index contributed by atoms with van der Waals surface area (Å²) < 4.78 is 13.2. The van der Waals surface area contributed by atoms with Crippen molar-refractivity contribution < 1.29 is 13.9 Å². The van der Waals surface area contributed by atoms with Crippen LogP contribution in [0.2, 0.25) is 0 Å². The van der Waals surface area contributed by atoms with Gasteiger partial charge in [0.05, 0.1) is 5.69 Å².